The molecule has 0 radical (unpaired) electrons. The van der Waals surface area contributed by atoms with Gasteiger partial charge in [-0.1, -0.05) is 12.1 Å². The van der Waals surface area contributed by atoms with Crippen molar-refractivity contribution in [1.29, 1.82) is 5.41 Å². The van der Waals surface area contributed by atoms with Crippen molar-refractivity contribution < 1.29 is 17.9 Å². The van der Waals surface area contributed by atoms with E-state index in [2.05, 4.69) is 4.98 Å². The molecule has 3 N–H and O–H groups in total. The van der Waals surface area contributed by atoms with Crippen molar-refractivity contribution in [2.24, 2.45) is 5.73 Å². The summed E-state index contributed by atoms with van der Waals surface area (Å²) in [6.07, 6.45) is -1.95. The zero-order valence-corrected chi connectivity index (χ0v) is 10.1. The van der Waals surface area contributed by atoms with Crippen LogP contribution in [0.25, 0.3) is 0 Å². The summed E-state index contributed by atoms with van der Waals surface area (Å²) < 4.78 is 43.8. The van der Waals surface area contributed by atoms with E-state index in [-0.39, 0.29) is 22.9 Å². The second-order valence-electron chi connectivity index (χ2n) is 3.88. The summed E-state index contributed by atoms with van der Waals surface area (Å²) in [7, 11) is 0. The average molecular weight is 281 g/mol. The molecule has 0 unspecified atom stereocenters. The molecule has 20 heavy (non-hydrogen) atoms. The molecule has 0 amide bonds. The summed E-state index contributed by atoms with van der Waals surface area (Å²) in [6.45, 7) is 0. The van der Waals surface area contributed by atoms with Gasteiger partial charge in [-0.05, 0) is 18.2 Å². The minimum absolute atomic E-state index is 0.00306. The van der Waals surface area contributed by atoms with Gasteiger partial charge in [0.2, 0.25) is 0 Å². The number of pyridine rings is 1. The van der Waals surface area contributed by atoms with Gasteiger partial charge in [0.05, 0.1) is 17.3 Å². The van der Waals surface area contributed by atoms with Crippen LogP contribution >= 0.6 is 0 Å². The second-order valence-corrected chi connectivity index (χ2v) is 3.88. The number of halogens is 3. The quantitative estimate of drug-likeness (QED) is 0.670. The molecule has 1 heterocycles. The van der Waals surface area contributed by atoms with Gasteiger partial charge in [-0.25, -0.2) is 0 Å². The maximum atomic E-state index is 12.8. The first-order valence-electron chi connectivity index (χ1n) is 5.52. The first-order chi connectivity index (χ1) is 9.39. The van der Waals surface area contributed by atoms with E-state index in [4.69, 9.17) is 15.9 Å². The van der Waals surface area contributed by atoms with Crippen LogP contribution in [-0.2, 0) is 6.18 Å². The number of para-hydroxylation sites is 1. The number of amidine groups is 1. The summed E-state index contributed by atoms with van der Waals surface area (Å²) >= 11 is 0. The van der Waals surface area contributed by atoms with E-state index < -0.39 is 11.7 Å². The normalized spacial score (nSPS) is 11.2. The smallest absolute Gasteiger partial charge is 0.419 e. The van der Waals surface area contributed by atoms with E-state index in [9.17, 15) is 13.2 Å². The molecular weight excluding hydrogens is 271 g/mol. The van der Waals surface area contributed by atoms with Crippen LogP contribution in [0.1, 0.15) is 11.1 Å². The monoisotopic (exact) mass is 281 g/mol. The summed E-state index contributed by atoms with van der Waals surface area (Å²) in [4.78, 5) is 3.76. The standard InChI is InChI=1S/C13H10F3N3O/c14-13(15,16)9-3-1-2-4-10(9)20-11-7-19-6-5-8(11)12(17)18/h1-7H,(H3,17,18). The van der Waals surface area contributed by atoms with Crippen molar-refractivity contribution in [3.63, 3.8) is 0 Å². The van der Waals surface area contributed by atoms with Crippen LogP contribution in [-0.4, -0.2) is 10.8 Å². The lowest BCUT2D eigenvalue weighted by atomic mass is 10.2. The Labute approximate surface area is 112 Å². The Bertz CT molecular complexity index is 641. The highest BCUT2D eigenvalue weighted by atomic mass is 19.4. The van der Waals surface area contributed by atoms with E-state index in [1.807, 2.05) is 0 Å². The zero-order valence-electron chi connectivity index (χ0n) is 10.1. The minimum Gasteiger partial charge on any atom is -0.454 e. The van der Waals surface area contributed by atoms with Crippen LogP contribution in [0.5, 0.6) is 11.5 Å². The van der Waals surface area contributed by atoms with Crippen molar-refractivity contribution in [3.8, 4) is 11.5 Å². The van der Waals surface area contributed by atoms with Crippen LogP contribution in [0.15, 0.2) is 42.7 Å². The third-order valence-electron chi connectivity index (χ3n) is 2.49. The number of ether oxygens (including phenoxy) is 1. The Hall–Kier alpha value is -2.57. The van der Waals surface area contributed by atoms with Gasteiger partial charge in [-0.2, -0.15) is 13.2 Å². The van der Waals surface area contributed by atoms with Gasteiger partial charge >= 0.3 is 6.18 Å². The van der Waals surface area contributed by atoms with Crippen molar-refractivity contribution in [1.82, 2.24) is 4.98 Å². The fourth-order valence-electron chi connectivity index (χ4n) is 1.59. The summed E-state index contributed by atoms with van der Waals surface area (Å²) in [5.74, 6) is -0.681. The fraction of sp³-hybridized carbons (Fsp3) is 0.0769. The molecule has 0 spiro atoms. The molecule has 1 aromatic heterocycles. The molecule has 0 saturated heterocycles. The Morgan fingerprint density at radius 1 is 1.15 bits per heavy atom. The van der Waals surface area contributed by atoms with Gasteiger partial charge in [0.1, 0.15) is 11.6 Å². The van der Waals surface area contributed by atoms with Gasteiger partial charge in [-0.15, -0.1) is 0 Å². The molecule has 0 aliphatic rings. The highest BCUT2D eigenvalue weighted by Gasteiger charge is 2.34. The van der Waals surface area contributed by atoms with Crippen molar-refractivity contribution in [2.75, 3.05) is 0 Å². The molecule has 104 valence electrons. The summed E-state index contributed by atoms with van der Waals surface area (Å²) in [6, 6.07) is 6.20. The molecule has 0 atom stereocenters. The molecule has 1 aromatic carbocycles. The molecule has 2 rings (SSSR count). The first kappa shape index (κ1) is 13.9. The molecule has 4 nitrogen and oxygen atoms in total. The fourth-order valence-corrected chi connectivity index (χ4v) is 1.59. The molecule has 2 aromatic rings. The van der Waals surface area contributed by atoms with Crippen LogP contribution in [0.3, 0.4) is 0 Å². The van der Waals surface area contributed by atoms with Crippen molar-refractivity contribution in [2.45, 2.75) is 6.18 Å². The van der Waals surface area contributed by atoms with Crippen LogP contribution in [0, 0.1) is 5.41 Å². The molecule has 0 saturated carbocycles. The lowest BCUT2D eigenvalue weighted by Gasteiger charge is -2.14. The van der Waals surface area contributed by atoms with Crippen LogP contribution < -0.4 is 10.5 Å². The highest BCUT2D eigenvalue weighted by Crippen LogP contribution is 2.38. The van der Waals surface area contributed by atoms with Gasteiger partial charge in [0.25, 0.3) is 0 Å². The Kier molecular flexibility index (Phi) is 3.60. The number of aromatic nitrogens is 1. The third-order valence-corrected chi connectivity index (χ3v) is 2.49. The number of nitrogens with zero attached hydrogens (tertiary/aromatic N) is 1. The lowest BCUT2D eigenvalue weighted by molar-refractivity contribution is -0.138. The first-order valence-corrected chi connectivity index (χ1v) is 5.52. The Balaban J connectivity index is 2.44. The molecule has 0 aliphatic heterocycles. The molecule has 0 bridgehead atoms. The zero-order chi connectivity index (χ0) is 14.8. The van der Waals surface area contributed by atoms with E-state index in [0.29, 0.717) is 0 Å². The molecular formula is C13H10F3N3O. The number of alkyl halides is 3. The van der Waals surface area contributed by atoms with E-state index in [1.165, 1.54) is 36.7 Å². The number of nitrogen functional groups attached to an aromatic ring is 1. The minimum atomic E-state index is -4.53. The van der Waals surface area contributed by atoms with E-state index >= 15 is 0 Å². The number of nitrogens with one attached hydrogen (secondary N) is 1. The van der Waals surface area contributed by atoms with Gasteiger partial charge in [0.15, 0.2) is 5.75 Å². The maximum Gasteiger partial charge on any atom is 0.419 e. The van der Waals surface area contributed by atoms with Crippen molar-refractivity contribution >= 4 is 5.84 Å². The SMILES string of the molecule is N=C(N)c1ccncc1Oc1ccccc1C(F)(F)F. The maximum absolute atomic E-state index is 12.8. The number of nitrogens with two attached hydrogens (primary N) is 1. The third kappa shape index (κ3) is 2.87. The largest absolute Gasteiger partial charge is 0.454 e. The van der Waals surface area contributed by atoms with Crippen LogP contribution in [0.2, 0.25) is 0 Å². The molecule has 7 heteroatoms. The van der Waals surface area contributed by atoms with Gasteiger partial charge < -0.3 is 10.5 Å². The Morgan fingerprint density at radius 2 is 1.85 bits per heavy atom. The van der Waals surface area contributed by atoms with E-state index in [0.717, 1.165) is 6.07 Å². The Morgan fingerprint density at radius 3 is 2.50 bits per heavy atom. The average Bonchev–Trinajstić information content (AvgIpc) is 2.38. The second kappa shape index (κ2) is 5.20. The molecule has 0 fully saturated rings. The van der Waals surface area contributed by atoms with Crippen molar-refractivity contribution in [3.05, 3.63) is 53.9 Å². The summed E-state index contributed by atoms with van der Waals surface area (Å²) in [5.41, 5.74) is 4.62. The molecule has 0 aliphatic carbocycles. The van der Waals surface area contributed by atoms with Crippen LogP contribution in [0.4, 0.5) is 13.2 Å². The van der Waals surface area contributed by atoms with Gasteiger partial charge in [0, 0.05) is 6.20 Å². The topological polar surface area (TPSA) is 72.0 Å². The highest BCUT2D eigenvalue weighted by molar-refractivity contribution is 5.97. The van der Waals surface area contributed by atoms with Gasteiger partial charge in [-0.3, -0.25) is 10.4 Å². The van der Waals surface area contributed by atoms with E-state index in [1.54, 1.807) is 0 Å². The number of rotatable bonds is 3. The number of hydrogen-bond donors (Lipinski definition) is 2. The predicted molar refractivity (Wildman–Crippen MR) is 66.8 cm³/mol. The summed E-state index contributed by atoms with van der Waals surface area (Å²) in [5, 5.41) is 7.37. The lowest BCUT2D eigenvalue weighted by Crippen LogP contribution is -2.13. The predicted octanol–water partition coefficient (Wildman–Crippen LogP) is 3.18. The number of benzene rings is 1. The number of hydrogen-bond acceptors (Lipinski definition) is 3.